The minimum absolute atomic E-state index is 0.512. The van der Waals surface area contributed by atoms with Gasteiger partial charge in [-0.1, -0.05) is 147 Å². The Balaban J connectivity index is 0.726. The third-order valence-electron chi connectivity index (χ3n) is 10.9. The fraction of sp³-hybridized carbons (Fsp3) is 0.0847. The highest BCUT2D eigenvalue weighted by Crippen LogP contribution is 2.22. The lowest BCUT2D eigenvalue weighted by Crippen LogP contribution is -2.02. The monoisotopic (exact) mass is 848 g/mol. The van der Waals surface area contributed by atoms with Crippen molar-refractivity contribution < 1.29 is 9.47 Å². The fourth-order valence-electron chi connectivity index (χ4n) is 6.96. The van der Waals surface area contributed by atoms with Crippen LogP contribution in [0, 0.1) is 0 Å². The number of rotatable bonds is 20. The zero-order valence-corrected chi connectivity index (χ0v) is 36.4. The first-order chi connectivity index (χ1) is 32.0. The molecule has 8 rings (SSSR count). The molecule has 0 atom stereocenters. The summed E-state index contributed by atoms with van der Waals surface area (Å²) >= 11 is 0. The van der Waals surface area contributed by atoms with Gasteiger partial charge in [0.15, 0.2) is 0 Å². The second kappa shape index (κ2) is 22.2. The number of nitrogens with one attached hydrogen (secondary N) is 2. The summed E-state index contributed by atoms with van der Waals surface area (Å²) in [4.78, 5) is 9.34. The van der Waals surface area contributed by atoms with E-state index in [2.05, 4.69) is 150 Å². The Labute approximate surface area is 383 Å². The maximum Gasteiger partial charge on any atom is 0.119 e. The number of hydrogen-bond acceptors (Lipinski definition) is 6. The van der Waals surface area contributed by atoms with Gasteiger partial charge in [0.1, 0.15) is 24.7 Å². The molecule has 0 aliphatic rings. The normalized spacial score (nSPS) is 11.1. The maximum atomic E-state index is 5.96. The minimum Gasteiger partial charge on any atom is -0.489 e. The molecule has 0 fully saturated rings. The lowest BCUT2D eigenvalue weighted by molar-refractivity contribution is 0.306. The Morgan fingerprint density at radius 2 is 0.677 bits per heavy atom. The summed E-state index contributed by atoms with van der Waals surface area (Å²) in [6.45, 7) is 10.2. The molecule has 65 heavy (non-hydrogen) atoms. The van der Waals surface area contributed by atoms with Crippen LogP contribution in [0.4, 0.5) is 22.7 Å². The van der Waals surface area contributed by atoms with Crippen LogP contribution in [0.2, 0.25) is 0 Å². The highest BCUT2D eigenvalue weighted by molar-refractivity contribution is 5.86. The van der Waals surface area contributed by atoms with Crippen molar-refractivity contribution in [3.05, 3.63) is 263 Å². The van der Waals surface area contributed by atoms with Crippen LogP contribution in [0.15, 0.2) is 217 Å². The SMILES string of the molecule is C=Cc1ccc(COc2ccc(N=Cc3ccc(C=Nc4ccc(Cc5ccc(NCc6ccc(CNc7ccc(OCc8ccc(C=C)cc8)cc7)cc6)cc5)cc4)cc3)cc2)cc1. The van der Waals surface area contributed by atoms with Gasteiger partial charge in [0.25, 0.3) is 0 Å². The van der Waals surface area contributed by atoms with Gasteiger partial charge in [-0.25, -0.2) is 0 Å². The van der Waals surface area contributed by atoms with E-state index in [-0.39, 0.29) is 0 Å². The van der Waals surface area contributed by atoms with Crippen LogP contribution < -0.4 is 20.1 Å². The maximum absolute atomic E-state index is 5.96. The molecule has 0 amide bonds. The van der Waals surface area contributed by atoms with Gasteiger partial charge < -0.3 is 20.1 Å². The number of ether oxygens (including phenoxy) is 2. The van der Waals surface area contributed by atoms with E-state index < -0.39 is 0 Å². The molecule has 0 radical (unpaired) electrons. The first-order valence-electron chi connectivity index (χ1n) is 21.8. The van der Waals surface area contributed by atoms with Gasteiger partial charge in [-0.05, 0) is 135 Å². The molecule has 6 heteroatoms. The largest absolute Gasteiger partial charge is 0.489 e. The van der Waals surface area contributed by atoms with Gasteiger partial charge in [-0.2, -0.15) is 0 Å². The van der Waals surface area contributed by atoms with Crippen LogP contribution in [0.3, 0.4) is 0 Å². The van der Waals surface area contributed by atoms with Gasteiger partial charge in [0.2, 0.25) is 0 Å². The number of hydrogen-bond donors (Lipinski definition) is 2. The smallest absolute Gasteiger partial charge is 0.119 e. The van der Waals surface area contributed by atoms with Crippen molar-refractivity contribution in [2.45, 2.75) is 32.7 Å². The predicted molar refractivity (Wildman–Crippen MR) is 272 cm³/mol. The van der Waals surface area contributed by atoms with E-state index in [1.165, 1.54) is 22.3 Å². The third kappa shape index (κ3) is 13.4. The molecule has 6 nitrogen and oxygen atoms in total. The van der Waals surface area contributed by atoms with E-state index in [4.69, 9.17) is 14.5 Å². The van der Waals surface area contributed by atoms with Crippen LogP contribution in [0.25, 0.3) is 12.2 Å². The van der Waals surface area contributed by atoms with Crippen molar-refractivity contribution in [3.63, 3.8) is 0 Å². The van der Waals surface area contributed by atoms with E-state index >= 15 is 0 Å². The average molecular weight is 849 g/mol. The summed E-state index contributed by atoms with van der Waals surface area (Å²) in [5.74, 6) is 1.65. The van der Waals surface area contributed by atoms with Crippen LogP contribution in [-0.4, -0.2) is 12.4 Å². The lowest BCUT2D eigenvalue weighted by Gasteiger charge is -2.11. The van der Waals surface area contributed by atoms with Crippen molar-refractivity contribution in [3.8, 4) is 11.5 Å². The number of aliphatic imine (C=N–C) groups is 2. The first kappa shape index (κ1) is 43.4. The molecule has 320 valence electrons. The van der Waals surface area contributed by atoms with Crippen molar-refractivity contribution in [1.82, 2.24) is 0 Å². The molecule has 8 aromatic carbocycles. The van der Waals surface area contributed by atoms with E-state index in [1.807, 2.05) is 97.4 Å². The molecule has 0 saturated heterocycles. The van der Waals surface area contributed by atoms with E-state index in [0.717, 1.165) is 87.1 Å². The first-order valence-corrected chi connectivity index (χ1v) is 21.8. The highest BCUT2D eigenvalue weighted by Gasteiger charge is 2.03. The molecular weight excluding hydrogens is 797 g/mol. The molecule has 0 saturated carbocycles. The summed E-state index contributed by atoms with van der Waals surface area (Å²) in [7, 11) is 0. The Hall–Kier alpha value is -8.22. The van der Waals surface area contributed by atoms with Crippen molar-refractivity contribution in [2.75, 3.05) is 10.6 Å². The molecule has 0 aliphatic heterocycles. The summed E-state index contributed by atoms with van der Waals surface area (Å²) in [5.41, 5.74) is 15.4. The van der Waals surface area contributed by atoms with Crippen LogP contribution >= 0.6 is 0 Å². The summed E-state index contributed by atoms with van der Waals surface area (Å²) < 4.78 is 11.9. The van der Waals surface area contributed by atoms with Crippen LogP contribution in [-0.2, 0) is 32.7 Å². The Morgan fingerprint density at radius 1 is 0.354 bits per heavy atom. The molecule has 8 aromatic rings. The molecular formula is C59H52N4O2. The topological polar surface area (TPSA) is 67.2 Å². The van der Waals surface area contributed by atoms with Crippen molar-refractivity contribution in [1.29, 1.82) is 0 Å². The average Bonchev–Trinajstić information content (AvgIpc) is 3.37. The van der Waals surface area contributed by atoms with Crippen LogP contribution in [0.1, 0.15) is 55.6 Å². The number of nitrogens with zero attached hydrogens (tertiary/aromatic N) is 2. The van der Waals surface area contributed by atoms with E-state index in [1.54, 1.807) is 0 Å². The van der Waals surface area contributed by atoms with Gasteiger partial charge in [-0.15, -0.1) is 0 Å². The molecule has 0 heterocycles. The third-order valence-corrected chi connectivity index (χ3v) is 10.9. The van der Waals surface area contributed by atoms with Gasteiger partial charge in [-0.3, -0.25) is 9.98 Å². The molecule has 0 spiro atoms. The van der Waals surface area contributed by atoms with Gasteiger partial charge >= 0.3 is 0 Å². The molecule has 0 aromatic heterocycles. The number of anilines is 2. The second-order valence-electron chi connectivity index (χ2n) is 15.7. The minimum atomic E-state index is 0.512. The predicted octanol–water partition coefficient (Wildman–Crippen LogP) is 14.4. The highest BCUT2D eigenvalue weighted by atomic mass is 16.5. The van der Waals surface area contributed by atoms with E-state index in [9.17, 15) is 0 Å². The van der Waals surface area contributed by atoms with Crippen molar-refractivity contribution in [2.24, 2.45) is 9.98 Å². The summed E-state index contributed by atoms with van der Waals surface area (Å²) in [6, 6.07) is 66.4. The Morgan fingerprint density at radius 3 is 1.09 bits per heavy atom. The standard InChI is InChI=1S/C59H52N4O2/c1-3-44-5-17-52(18-6-44)42-64-58-33-29-56(30-34-58)62-40-50-13-9-48(10-14-50)38-60-54-25-21-46(22-26-54)37-47-23-27-55(28-24-47)61-39-49-11-15-51(16-12-49)41-63-57-31-35-59(36-32-57)65-43-53-19-7-45(4-2)8-20-53/h3-36,38,40,61,63H,1-2,37,39,41-43H2. The number of benzene rings is 8. The Bertz CT molecular complexity index is 2790. The zero-order chi connectivity index (χ0) is 44.5. The molecule has 2 N–H and O–H groups in total. The summed E-state index contributed by atoms with van der Waals surface area (Å²) in [6.07, 6.45) is 8.29. The van der Waals surface area contributed by atoms with E-state index in [0.29, 0.717) is 13.2 Å². The lowest BCUT2D eigenvalue weighted by atomic mass is 10.0. The molecule has 0 bridgehead atoms. The zero-order valence-electron chi connectivity index (χ0n) is 36.4. The quantitative estimate of drug-likeness (QED) is 0.0750. The molecule has 0 unspecified atom stereocenters. The van der Waals surface area contributed by atoms with Gasteiger partial charge in [0, 0.05) is 36.9 Å². The van der Waals surface area contributed by atoms with Crippen LogP contribution in [0.5, 0.6) is 11.5 Å². The molecule has 0 aliphatic carbocycles. The second-order valence-corrected chi connectivity index (χ2v) is 15.7. The van der Waals surface area contributed by atoms with Gasteiger partial charge in [0.05, 0.1) is 11.4 Å². The fourth-order valence-corrected chi connectivity index (χ4v) is 6.96. The van der Waals surface area contributed by atoms with Crippen molar-refractivity contribution >= 4 is 47.3 Å². The Kier molecular flexibility index (Phi) is 14.9. The summed E-state index contributed by atoms with van der Waals surface area (Å²) in [5, 5.41) is 7.07.